The Balaban J connectivity index is 2.52. The van der Waals surface area contributed by atoms with Gasteiger partial charge in [-0.2, -0.15) is 5.26 Å². The van der Waals surface area contributed by atoms with Crippen molar-refractivity contribution in [2.75, 3.05) is 19.6 Å². The summed E-state index contributed by atoms with van der Waals surface area (Å²) in [5, 5.41) is 12.4. The molecule has 1 aliphatic rings. The molecule has 0 bridgehead atoms. The van der Waals surface area contributed by atoms with Gasteiger partial charge in [-0.1, -0.05) is 6.92 Å². The molecule has 0 aromatic carbocycles. The minimum Gasteiger partial charge on any atom is -0.299 e. The second-order valence-electron chi connectivity index (χ2n) is 4.44. The van der Waals surface area contributed by atoms with Crippen LogP contribution < -0.4 is 5.32 Å². The summed E-state index contributed by atoms with van der Waals surface area (Å²) >= 11 is 0. The summed E-state index contributed by atoms with van der Waals surface area (Å²) in [6, 6.07) is 3.01. The monoisotopic (exact) mass is 195 g/mol. The van der Waals surface area contributed by atoms with Gasteiger partial charge in [0.1, 0.15) is 5.54 Å². The number of nitriles is 1. The lowest BCUT2D eigenvalue weighted by atomic mass is 10.0. The van der Waals surface area contributed by atoms with Crippen LogP contribution in [-0.4, -0.2) is 36.1 Å². The highest BCUT2D eigenvalue weighted by atomic mass is 15.2. The normalized spacial score (nSPS) is 27.1. The molecular formula is C11H21N3. The first-order valence-corrected chi connectivity index (χ1v) is 5.51. The molecule has 2 unspecified atom stereocenters. The van der Waals surface area contributed by atoms with Gasteiger partial charge in [-0.05, 0) is 39.8 Å². The van der Waals surface area contributed by atoms with Crippen molar-refractivity contribution in [2.45, 2.75) is 45.2 Å². The fraction of sp³-hybridized carbons (Fsp3) is 0.909. The van der Waals surface area contributed by atoms with Crippen LogP contribution in [0.4, 0.5) is 0 Å². The van der Waals surface area contributed by atoms with Crippen LogP contribution in [0.1, 0.15) is 33.6 Å². The summed E-state index contributed by atoms with van der Waals surface area (Å²) in [4.78, 5) is 2.41. The van der Waals surface area contributed by atoms with E-state index in [1.54, 1.807) is 0 Å². The smallest absolute Gasteiger partial charge is 0.116 e. The number of hydrogen-bond donors (Lipinski definition) is 1. The van der Waals surface area contributed by atoms with Crippen molar-refractivity contribution >= 4 is 0 Å². The van der Waals surface area contributed by atoms with Gasteiger partial charge < -0.3 is 0 Å². The van der Waals surface area contributed by atoms with Crippen LogP contribution in [0.3, 0.4) is 0 Å². The molecule has 1 saturated heterocycles. The third-order valence-corrected chi connectivity index (χ3v) is 3.02. The fourth-order valence-corrected chi connectivity index (χ4v) is 2.15. The minimum atomic E-state index is -0.382. The topological polar surface area (TPSA) is 39.1 Å². The summed E-state index contributed by atoms with van der Waals surface area (Å²) in [5.41, 5.74) is -0.382. The molecule has 1 N–H and O–H groups in total. The van der Waals surface area contributed by atoms with E-state index in [0.717, 1.165) is 19.6 Å². The number of rotatable bonds is 4. The molecule has 14 heavy (non-hydrogen) atoms. The van der Waals surface area contributed by atoms with Crippen LogP contribution in [0.15, 0.2) is 0 Å². The Morgan fingerprint density at radius 3 is 2.79 bits per heavy atom. The highest BCUT2D eigenvalue weighted by Crippen LogP contribution is 2.19. The molecule has 3 heteroatoms. The maximum absolute atomic E-state index is 9.12. The Bertz CT molecular complexity index is 221. The second kappa shape index (κ2) is 4.77. The standard InChI is InChI=1S/C11H21N3/c1-4-13-11(3,8-12)9-14-7-5-6-10(14)2/h10,13H,4-7,9H2,1-3H3. The number of nitrogens with zero attached hydrogens (tertiary/aromatic N) is 2. The summed E-state index contributed by atoms with van der Waals surface area (Å²) in [5.74, 6) is 0. The van der Waals surface area contributed by atoms with Gasteiger partial charge in [0.05, 0.1) is 6.07 Å². The number of likely N-dealkylation sites (N-methyl/N-ethyl adjacent to an activating group) is 1. The lowest BCUT2D eigenvalue weighted by Crippen LogP contribution is -2.51. The van der Waals surface area contributed by atoms with Crippen LogP contribution in [0.5, 0.6) is 0 Å². The highest BCUT2D eigenvalue weighted by Gasteiger charge is 2.30. The van der Waals surface area contributed by atoms with Crippen molar-refractivity contribution < 1.29 is 0 Å². The molecule has 0 saturated carbocycles. The van der Waals surface area contributed by atoms with Crippen molar-refractivity contribution in [3.63, 3.8) is 0 Å². The first-order valence-electron chi connectivity index (χ1n) is 5.51. The Hall–Kier alpha value is -0.590. The molecule has 2 atom stereocenters. The van der Waals surface area contributed by atoms with Gasteiger partial charge in [0.15, 0.2) is 0 Å². The van der Waals surface area contributed by atoms with Gasteiger partial charge in [0.25, 0.3) is 0 Å². The Morgan fingerprint density at radius 1 is 1.64 bits per heavy atom. The molecule has 0 aromatic rings. The van der Waals surface area contributed by atoms with Gasteiger partial charge in [-0.15, -0.1) is 0 Å². The van der Waals surface area contributed by atoms with Gasteiger partial charge in [-0.25, -0.2) is 0 Å². The quantitative estimate of drug-likeness (QED) is 0.736. The van der Waals surface area contributed by atoms with Crippen LogP contribution in [-0.2, 0) is 0 Å². The average molecular weight is 195 g/mol. The van der Waals surface area contributed by atoms with Crippen molar-refractivity contribution in [3.8, 4) is 6.07 Å². The summed E-state index contributed by atoms with van der Waals surface area (Å²) in [6.45, 7) is 9.12. The molecule has 0 amide bonds. The van der Waals surface area contributed by atoms with Gasteiger partial charge in [0.2, 0.25) is 0 Å². The number of likely N-dealkylation sites (tertiary alicyclic amines) is 1. The minimum absolute atomic E-state index is 0.382. The first-order chi connectivity index (χ1) is 6.61. The molecule has 1 rings (SSSR count). The van der Waals surface area contributed by atoms with Gasteiger partial charge in [0, 0.05) is 12.6 Å². The molecule has 80 valence electrons. The molecule has 1 aliphatic heterocycles. The maximum atomic E-state index is 9.12. The highest BCUT2D eigenvalue weighted by molar-refractivity contribution is 5.06. The summed E-state index contributed by atoms with van der Waals surface area (Å²) in [6.07, 6.45) is 2.54. The molecule has 0 aromatic heterocycles. The van der Waals surface area contributed by atoms with Crippen molar-refractivity contribution in [1.82, 2.24) is 10.2 Å². The van der Waals surface area contributed by atoms with Crippen molar-refractivity contribution in [1.29, 1.82) is 5.26 Å². The largest absolute Gasteiger partial charge is 0.299 e. The van der Waals surface area contributed by atoms with Crippen LogP contribution >= 0.6 is 0 Å². The van der Waals surface area contributed by atoms with E-state index >= 15 is 0 Å². The SMILES string of the molecule is CCNC(C)(C#N)CN1CCCC1C. The molecule has 1 heterocycles. The van der Waals surface area contributed by atoms with Crippen LogP contribution in [0.25, 0.3) is 0 Å². The third-order valence-electron chi connectivity index (χ3n) is 3.02. The van der Waals surface area contributed by atoms with Crippen LogP contribution in [0, 0.1) is 11.3 Å². The number of nitrogens with one attached hydrogen (secondary N) is 1. The van der Waals surface area contributed by atoms with Crippen LogP contribution in [0.2, 0.25) is 0 Å². The molecular weight excluding hydrogens is 174 g/mol. The molecule has 3 nitrogen and oxygen atoms in total. The third kappa shape index (κ3) is 2.70. The summed E-state index contributed by atoms with van der Waals surface area (Å²) < 4.78 is 0. The predicted octanol–water partition coefficient (Wildman–Crippen LogP) is 1.36. The lowest BCUT2D eigenvalue weighted by Gasteiger charge is -2.30. The second-order valence-corrected chi connectivity index (χ2v) is 4.44. The zero-order valence-electron chi connectivity index (χ0n) is 9.51. The van der Waals surface area contributed by atoms with E-state index in [9.17, 15) is 0 Å². The van der Waals surface area contributed by atoms with E-state index in [-0.39, 0.29) is 5.54 Å². The zero-order valence-corrected chi connectivity index (χ0v) is 9.51. The van der Waals surface area contributed by atoms with E-state index in [2.05, 4.69) is 23.2 Å². The summed E-state index contributed by atoms with van der Waals surface area (Å²) in [7, 11) is 0. The van der Waals surface area contributed by atoms with Gasteiger partial charge >= 0.3 is 0 Å². The Morgan fingerprint density at radius 2 is 2.36 bits per heavy atom. The van der Waals surface area contributed by atoms with Crippen molar-refractivity contribution in [3.05, 3.63) is 0 Å². The van der Waals surface area contributed by atoms with E-state index in [4.69, 9.17) is 5.26 Å². The van der Waals surface area contributed by atoms with Gasteiger partial charge in [-0.3, -0.25) is 10.2 Å². The molecule has 0 radical (unpaired) electrons. The average Bonchev–Trinajstić information content (AvgIpc) is 2.52. The molecule has 1 fully saturated rings. The van der Waals surface area contributed by atoms with E-state index in [0.29, 0.717) is 6.04 Å². The predicted molar refractivity (Wildman–Crippen MR) is 58.0 cm³/mol. The van der Waals surface area contributed by atoms with E-state index in [1.807, 2.05) is 13.8 Å². The Kier molecular flexibility index (Phi) is 3.91. The van der Waals surface area contributed by atoms with E-state index in [1.165, 1.54) is 12.8 Å². The molecule has 0 aliphatic carbocycles. The molecule has 0 spiro atoms. The maximum Gasteiger partial charge on any atom is 0.116 e. The zero-order chi connectivity index (χ0) is 10.6. The fourth-order valence-electron chi connectivity index (χ4n) is 2.15. The first kappa shape index (κ1) is 11.5. The number of hydrogen-bond acceptors (Lipinski definition) is 3. The van der Waals surface area contributed by atoms with Crippen molar-refractivity contribution in [2.24, 2.45) is 0 Å². The lowest BCUT2D eigenvalue weighted by molar-refractivity contribution is 0.216. The Labute approximate surface area is 87.1 Å². The van der Waals surface area contributed by atoms with E-state index < -0.39 is 0 Å².